The maximum absolute atomic E-state index is 10.4. The van der Waals surface area contributed by atoms with Gasteiger partial charge in [0.15, 0.2) is 5.96 Å². The first-order valence-corrected chi connectivity index (χ1v) is 5.23. The highest BCUT2D eigenvalue weighted by Crippen LogP contribution is 2.06. The molecule has 0 aliphatic rings. The van der Waals surface area contributed by atoms with Crippen molar-refractivity contribution in [1.29, 1.82) is 0 Å². The average Bonchev–Trinajstić information content (AvgIpc) is 2.16. The number of nitrogens with zero attached hydrogens (tertiary/aromatic N) is 1. The maximum Gasteiger partial charge on any atom is 0.507 e. The zero-order valence-electron chi connectivity index (χ0n) is 7.96. The molecule has 0 aliphatic carbocycles. The van der Waals surface area contributed by atoms with Gasteiger partial charge in [0.1, 0.15) is 6.29 Å². The molecule has 2 atom stereocenters. The normalized spacial score (nSPS) is 13.0. The van der Waals surface area contributed by atoms with Crippen LogP contribution in [0.4, 0.5) is 0 Å². The fraction of sp³-hybridized carbons (Fsp3) is 0.667. The molecule has 86 valence electrons. The zero-order chi connectivity index (χ0) is 11.7. The standard InChI is InChI=1S/C6H13N4O4P/c7-6(8)9-3-1-2-5(4-11)10-14-15(12)13/h4-5,10H,1-3H2,(H4,7,8,9)/t5-/m1/s1. The summed E-state index contributed by atoms with van der Waals surface area (Å²) in [5.74, 6) is -0.0236. The molecule has 5 N–H and O–H groups in total. The van der Waals surface area contributed by atoms with Crippen molar-refractivity contribution < 1.29 is 18.9 Å². The zero-order valence-corrected chi connectivity index (χ0v) is 8.85. The number of nitrogens with one attached hydrogen (secondary N) is 1. The maximum atomic E-state index is 10.4. The van der Waals surface area contributed by atoms with Gasteiger partial charge in [0.05, 0.1) is 6.04 Å². The van der Waals surface area contributed by atoms with Crippen LogP contribution >= 0.6 is 8.25 Å². The summed E-state index contributed by atoms with van der Waals surface area (Å²) in [6.07, 6.45) is 1.46. The highest BCUT2D eigenvalue weighted by atomic mass is 31.1. The van der Waals surface area contributed by atoms with E-state index in [0.717, 1.165) is 0 Å². The van der Waals surface area contributed by atoms with Gasteiger partial charge in [0, 0.05) is 6.54 Å². The first-order valence-electron chi connectivity index (χ1n) is 4.13. The number of hydrogen-bond donors (Lipinski definition) is 3. The second-order valence-corrected chi connectivity index (χ2v) is 3.25. The van der Waals surface area contributed by atoms with Crippen molar-refractivity contribution in [2.45, 2.75) is 18.9 Å². The SMILES string of the molecule is NC(N)=NCCC[C@H](C=O)NO[P+](=O)[O-]. The summed E-state index contributed by atoms with van der Waals surface area (Å²) < 4.78 is 14.1. The number of nitrogens with two attached hydrogens (primary N) is 2. The number of rotatable bonds is 8. The number of hydrogen-bond acceptors (Lipinski definition) is 6. The quantitative estimate of drug-likeness (QED) is 0.112. The summed E-state index contributed by atoms with van der Waals surface area (Å²) in [7, 11) is -3.01. The molecular formula is C6H13N4O4P. The lowest BCUT2D eigenvalue weighted by Crippen LogP contribution is -2.29. The molecule has 8 nitrogen and oxygen atoms in total. The summed E-state index contributed by atoms with van der Waals surface area (Å²) in [6, 6.07) is -0.688. The molecule has 15 heavy (non-hydrogen) atoms. The molecule has 0 aliphatic heterocycles. The van der Waals surface area contributed by atoms with Gasteiger partial charge >= 0.3 is 8.25 Å². The highest BCUT2D eigenvalue weighted by molar-refractivity contribution is 7.30. The molecule has 0 bridgehead atoms. The van der Waals surface area contributed by atoms with Gasteiger partial charge in [-0.2, -0.15) is 0 Å². The van der Waals surface area contributed by atoms with E-state index in [2.05, 4.69) is 15.1 Å². The van der Waals surface area contributed by atoms with E-state index in [1.807, 2.05) is 0 Å². The van der Waals surface area contributed by atoms with Gasteiger partial charge in [0.2, 0.25) is 0 Å². The number of aldehydes is 1. The predicted molar refractivity (Wildman–Crippen MR) is 51.6 cm³/mol. The Bertz CT molecular complexity index is 243. The Morgan fingerprint density at radius 1 is 1.67 bits per heavy atom. The van der Waals surface area contributed by atoms with E-state index in [9.17, 15) is 14.3 Å². The fourth-order valence-corrected chi connectivity index (χ4v) is 1.01. The smallest absolute Gasteiger partial charge is 0.507 e. The minimum absolute atomic E-state index is 0.0236. The van der Waals surface area contributed by atoms with Crippen LogP contribution in [0.15, 0.2) is 4.99 Å². The Kier molecular flexibility index (Phi) is 7.65. The molecule has 0 heterocycles. The van der Waals surface area contributed by atoms with Gasteiger partial charge in [-0.1, -0.05) is 4.62 Å². The minimum Gasteiger partial charge on any atom is -0.565 e. The Labute approximate surface area is 87.6 Å². The first-order chi connectivity index (χ1) is 7.06. The van der Waals surface area contributed by atoms with Crippen molar-refractivity contribution in [1.82, 2.24) is 5.48 Å². The Balaban J connectivity index is 3.66. The van der Waals surface area contributed by atoms with Crippen LogP contribution in [0.3, 0.4) is 0 Å². The molecule has 9 heteroatoms. The topological polar surface area (TPSA) is 143 Å². The van der Waals surface area contributed by atoms with Crippen LogP contribution < -0.4 is 21.8 Å². The van der Waals surface area contributed by atoms with Crippen LogP contribution in [0.1, 0.15) is 12.8 Å². The summed E-state index contributed by atoms with van der Waals surface area (Å²) in [6.45, 7) is 0.373. The van der Waals surface area contributed by atoms with Gasteiger partial charge in [-0.05, 0) is 17.4 Å². The van der Waals surface area contributed by atoms with Crippen molar-refractivity contribution in [2.24, 2.45) is 16.5 Å². The van der Waals surface area contributed by atoms with Gasteiger partial charge in [-0.15, -0.1) is 5.48 Å². The molecule has 0 aromatic heterocycles. The molecule has 0 aromatic rings. The van der Waals surface area contributed by atoms with Crippen LogP contribution in [-0.2, 0) is 14.0 Å². The average molecular weight is 236 g/mol. The lowest BCUT2D eigenvalue weighted by Gasteiger charge is -2.06. The monoisotopic (exact) mass is 236 g/mol. The molecule has 0 spiro atoms. The van der Waals surface area contributed by atoms with Crippen molar-refractivity contribution in [2.75, 3.05) is 6.54 Å². The van der Waals surface area contributed by atoms with Crippen molar-refractivity contribution >= 4 is 20.5 Å². The fourth-order valence-electron chi connectivity index (χ4n) is 0.785. The van der Waals surface area contributed by atoms with E-state index in [4.69, 9.17) is 11.5 Å². The second kappa shape index (κ2) is 8.25. The summed E-state index contributed by atoms with van der Waals surface area (Å²) >= 11 is 0. The van der Waals surface area contributed by atoms with Crippen LogP contribution in [0.5, 0.6) is 0 Å². The molecular weight excluding hydrogens is 223 g/mol. The van der Waals surface area contributed by atoms with E-state index >= 15 is 0 Å². The lowest BCUT2D eigenvalue weighted by molar-refractivity contribution is -0.191. The van der Waals surface area contributed by atoms with Crippen molar-refractivity contribution in [3.63, 3.8) is 0 Å². The molecule has 0 rings (SSSR count). The molecule has 0 aromatic carbocycles. The summed E-state index contributed by atoms with van der Waals surface area (Å²) in [4.78, 5) is 24.1. The third-order valence-corrected chi connectivity index (χ3v) is 1.66. The number of carbonyl (C=O) groups excluding carboxylic acids is 1. The van der Waals surface area contributed by atoms with E-state index in [-0.39, 0.29) is 5.96 Å². The number of aliphatic imine (C=N–C) groups is 1. The van der Waals surface area contributed by atoms with Gasteiger partial charge in [-0.3, -0.25) is 4.99 Å². The number of guanidine groups is 1. The molecule has 1 unspecified atom stereocenters. The summed E-state index contributed by atoms with van der Waals surface area (Å²) in [5, 5.41) is 0. The van der Waals surface area contributed by atoms with Gasteiger partial charge < -0.3 is 21.2 Å². The Hall–Kier alpha value is -1.08. The highest BCUT2D eigenvalue weighted by Gasteiger charge is 2.10. The predicted octanol–water partition coefficient (Wildman–Crippen LogP) is -1.85. The van der Waals surface area contributed by atoms with Crippen LogP contribution in [0.2, 0.25) is 0 Å². The molecule has 0 radical (unpaired) electrons. The molecule has 0 fully saturated rings. The third kappa shape index (κ3) is 9.23. The molecule has 0 amide bonds. The van der Waals surface area contributed by atoms with Gasteiger partial charge in [0.25, 0.3) is 0 Å². The minimum atomic E-state index is -3.01. The largest absolute Gasteiger partial charge is 0.565 e. The van der Waals surface area contributed by atoms with E-state index in [1.54, 1.807) is 0 Å². The third-order valence-electron chi connectivity index (χ3n) is 1.41. The molecule has 0 saturated carbocycles. The van der Waals surface area contributed by atoms with E-state index in [0.29, 0.717) is 25.7 Å². The Morgan fingerprint density at radius 2 is 2.33 bits per heavy atom. The lowest BCUT2D eigenvalue weighted by atomic mass is 10.2. The summed E-state index contributed by atoms with van der Waals surface area (Å²) in [5.41, 5.74) is 12.2. The first kappa shape index (κ1) is 13.9. The van der Waals surface area contributed by atoms with Gasteiger partial charge in [-0.25, -0.2) is 0 Å². The van der Waals surface area contributed by atoms with Crippen molar-refractivity contribution in [3.8, 4) is 0 Å². The van der Waals surface area contributed by atoms with Crippen LogP contribution in [0, 0.1) is 0 Å². The number of hydroxylamine groups is 1. The van der Waals surface area contributed by atoms with E-state index < -0.39 is 14.3 Å². The second-order valence-electron chi connectivity index (χ2n) is 2.62. The Morgan fingerprint density at radius 3 is 2.80 bits per heavy atom. The molecule has 0 saturated heterocycles. The van der Waals surface area contributed by atoms with Crippen molar-refractivity contribution in [3.05, 3.63) is 0 Å². The van der Waals surface area contributed by atoms with Crippen LogP contribution in [0.25, 0.3) is 0 Å². The van der Waals surface area contributed by atoms with Crippen LogP contribution in [-0.4, -0.2) is 24.8 Å². The van der Waals surface area contributed by atoms with E-state index in [1.165, 1.54) is 0 Å². The number of carbonyl (C=O) groups is 1.